The van der Waals surface area contributed by atoms with E-state index in [1.54, 1.807) is 7.11 Å². The highest BCUT2D eigenvalue weighted by molar-refractivity contribution is 5.74. The van der Waals surface area contributed by atoms with Crippen molar-refractivity contribution in [2.45, 2.75) is 77.0 Å². The minimum Gasteiger partial charge on any atom is -0.469 e. The van der Waals surface area contributed by atoms with Crippen molar-refractivity contribution in [1.82, 2.24) is 0 Å². The van der Waals surface area contributed by atoms with Crippen LogP contribution < -0.4 is 0 Å². The second kappa shape index (κ2) is 6.57. The molecule has 0 radical (unpaired) electrons. The van der Waals surface area contributed by atoms with Gasteiger partial charge in [-0.25, -0.2) is 0 Å². The Morgan fingerprint density at radius 2 is 1.00 bits per heavy atom. The summed E-state index contributed by atoms with van der Waals surface area (Å²) in [5.74, 6) is 7.15. The SMILES string of the molecule is COC(=O)C1C2CCCCC2C2C3CCCCC3C3CCCCC3C12. The van der Waals surface area contributed by atoms with Crippen LogP contribution in [0.1, 0.15) is 77.0 Å². The summed E-state index contributed by atoms with van der Waals surface area (Å²) in [6.07, 6.45) is 17.0. The first-order chi connectivity index (χ1) is 12.3. The Balaban J connectivity index is 1.57. The van der Waals surface area contributed by atoms with Crippen molar-refractivity contribution >= 4 is 5.97 Å². The molecule has 0 bridgehead atoms. The Labute approximate surface area is 153 Å². The molecule has 0 N–H and O–H groups in total. The summed E-state index contributed by atoms with van der Waals surface area (Å²) in [5.41, 5.74) is 0. The molecule has 0 amide bonds. The molecule has 9 unspecified atom stereocenters. The molecule has 5 aliphatic rings. The van der Waals surface area contributed by atoms with Gasteiger partial charge in [0, 0.05) is 0 Å². The summed E-state index contributed by atoms with van der Waals surface area (Å²) < 4.78 is 5.41. The Bertz CT molecular complexity index is 514. The van der Waals surface area contributed by atoms with Crippen LogP contribution in [0.25, 0.3) is 0 Å². The zero-order valence-corrected chi connectivity index (χ0v) is 16.0. The van der Waals surface area contributed by atoms with Crippen LogP contribution in [0.2, 0.25) is 0 Å². The van der Waals surface area contributed by atoms with Gasteiger partial charge < -0.3 is 4.74 Å². The third kappa shape index (κ3) is 2.45. The van der Waals surface area contributed by atoms with E-state index >= 15 is 0 Å². The molecule has 0 aromatic carbocycles. The van der Waals surface area contributed by atoms with Crippen molar-refractivity contribution in [2.24, 2.45) is 53.3 Å². The molecule has 5 aliphatic carbocycles. The standard InChI is InChI=1S/C23H36O2/c1-25-23(24)22-19-13-7-6-12-18(19)20-16-10-4-2-8-14(16)15-9-3-5-11-17(15)21(20)22/h14-22H,2-13H2,1H3. The van der Waals surface area contributed by atoms with Gasteiger partial charge in [0.25, 0.3) is 0 Å². The van der Waals surface area contributed by atoms with Crippen LogP contribution in [-0.4, -0.2) is 13.1 Å². The number of carbonyl (C=O) groups excluding carboxylic acids is 1. The summed E-state index contributed by atoms with van der Waals surface area (Å²) in [4.78, 5) is 12.9. The molecule has 0 aromatic rings. The van der Waals surface area contributed by atoms with Crippen LogP contribution >= 0.6 is 0 Å². The number of carbonyl (C=O) groups is 1. The van der Waals surface area contributed by atoms with Crippen LogP contribution in [0.3, 0.4) is 0 Å². The van der Waals surface area contributed by atoms with Crippen LogP contribution in [0.5, 0.6) is 0 Å². The van der Waals surface area contributed by atoms with Crippen molar-refractivity contribution < 1.29 is 9.53 Å². The van der Waals surface area contributed by atoms with Crippen molar-refractivity contribution in [2.75, 3.05) is 7.11 Å². The maximum atomic E-state index is 12.9. The van der Waals surface area contributed by atoms with E-state index in [0.717, 1.165) is 35.5 Å². The molecule has 0 spiro atoms. The Hall–Kier alpha value is -0.530. The lowest BCUT2D eigenvalue weighted by molar-refractivity contribution is -0.153. The largest absolute Gasteiger partial charge is 0.469 e. The molecule has 0 saturated heterocycles. The van der Waals surface area contributed by atoms with Gasteiger partial charge in [-0.3, -0.25) is 4.79 Å². The predicted octanol–water partition coefficient (Wildman–Crippen LogP) is 5.45. The van der Waals surface area contributed by atoms with E-state index in [1.165, 1.54) is 77.0 Å². The van der Waals surface area contributed by atoms with Crippen LogP contribution in [-0.2, 0) is 9.53 Å². The quantitative estimate of drug-likeness (QED) is 0.591. The summed E-state index contributed by atoms with van der Waals surface area (Å²) in [7, 11) is 1.64. The molecule has 0 aromatic heterocycles. The first-order valence-corrected chi connectivity index (χ1v) is 11.4. The lowest BCUT2D eigenvalue weighted by Crippen LogP contribution is -2.50. The number of esters is 1. The fourth-order valence-electron chi connectivity index (χ4n) is 8.94. The van der Waals surface area contributed by atoms with E-state index in [0.29, 0.717) is 11.8 Å². The van der Waals surface area contributed by atoms with Gasteiger partial charge in [0.15, 0.2) is 0 Å². The highest BCUT2D eigenvalue weighted by Gasteiger charge is 2.63. The van der Waals surface area contributed by atoms with E-state index in [-0.39, 0.29) is 11.9 Å². The monoisotopic (exact) mass is 344 g/mol. The Morgan fingerprint density at radius 1 is 0.600 bits per heavy atom. The smallest absolute Gasteiger partial charge is 0.309 e. The minimum atomic E-state index is 0.156. The van der Waals surface area contributed by atoms with Crippen LogP contribution in [0, 0.1) is 53.3 Å². The van der Waals surface area contributed by atoms with E-state index in [1.807, 2.05) is 0 Å². The second-order valence-electron chi connectivity index (χ2n) is 10.0. The molecule has 2 nitrogen and oxygen atoms in total. The summed E-state index contributed by atoms with van der Waals surface area (Å²) in [6, 6.07) is 0. The minimum absolute atomic E-state index is 0.156. The zero-order valence-electron chi connectivity index (χ0n) is 16.0. The second-order valence-corrected chi connectivity index (χ2v) is 10.0. The van der Waals surface area contributed by atoms with Gasteiger partial charge in [0.1, 0.15) is 0 Å². The molecule has 0 aliphatic heterocycles. The van der Waals surface area contributed by atoms with Gasteiger partial charge in [-0.05, 0) is 85.9 Å². The average Bonchev–Trinajstić information content (AvgIpc) is 3.03. The lowest BCUT2D eigenvalue weighted by atomic mass is 9.49. The molecular weight excluding hydrogens is 308 g/mol. The fourth-order valence-corrected chi connectivity index (χ4v) is 8.94. The third-order valence-electron chi connectivity index (χ3n) is 9.45. The van der Waals surface area contributed by atoms with E-state index < -0.39 is 0 Å². The average molecular weight is 345 g/mol. The van der Waals surface area contributed by atoms with Crippen molar-refractivity contribution in [3.63, 3.8) is 0 Å². The first kappa shape index (κ1) is 16.6. The number of hydrogen-bond acceptors (Lipinski definition) is 2. The van der Waals surface area contributed by atoms with Crippen LogP contribution in [0.15, 0.2) is 0 Å². The van der Waals surface area contributed by atoms with E-state index in [9.17, 15) is 4.79 Å². The van der Waals surface area contributed by atoms with Crippen molar-refractivity contribution in [3.8, 4) is 0 Å². The Kier molecular flexibility index (Phi) is 4.37. The van der Waals surface area contributed by atoms with Gasteiger partial charge in [0.2, 0.25) is 0 Å². The van der Waals surface area contributed by atoms with Gasteiger partial charge in [-0.2, -0.15) is 0 Å². The molecule has 5 rings (SSSR count). The van der Waals surface area contributed by atoms with Gasteiger partial charge in [0.05, 0.1) is 13.0 Å². The number of methoxy groups -OCH3 is 1. The molecular formula is C23H36O2. The van der Waals surface area contributed by atoms with Crippen LogP contribution in [0.4, 0.5) is 0 Å². The zero-order chi connectivity index (χ0) is 17.0. The number of hydrogen-bond donors (Lipinski definition) is 0. The molecule has 5 fully saturated rings. The normalized spacial score (nSPS) is 51.6. The number of fused-ring (bicyclic) bond motifs is 8. The number of ether oxygens (including phenoxy) is 1. The summed E-state index contributed by atoms with van der Waals surface area (Å²) in [6.45, 7) is 0. The molecule has 25 heavy (non-hydrogen) atoms. The topological polar surface area (TPSA) is 26.3 Å². The third-order valence-corrected chi connectivity index (χ3v) is 9.45. The van der Waals surface area contributed by atoms with Gasteiger partial charge in [-0.15, -0.1) is 0 Å². The highest BCUT2D eigenvalue weighted by atomic mass is 16.5. The van der Waals surface area contributed by atoms with Crippen molar-refractivity contribution in [3.05, 3.63) is 0 Å². The van der Waals surface area contributed by atoms with E-state index in [4.69, 9.17) is 4.74 Å². The first-order valence-electron chi connectivity index (χ1n) is 11.4. The highest BCUT2D eigenvalue weighted by Crippen LogP contribution is 2.67. The molecule has 5 saturated carbocycles. The predicted molar refractivity (Wildman–Crippen MR) is 98.8 cm³/mol. The number of rotatable bonds is 1. The Morgan fingerprint density at radius 3 is 1.52 bits per heavy atom. The van der Waals surface area contributed by atoms with Crippen molar-refractivity contribution in [1.29, 1.82) is 0 Å². The summed E-state index contributed by atoms with van der Waals surface area (Å²) >= 11 is 0. The van der Waals surface area contributed by atoms with Gasteiger partial charge in [-0.1, -0.05) is 38.5 Å². The molecule has 9 atom stereocenters. The lowest BCUT2D eigenvalue weighted by Gasteiger charge is -2.55. The summed E-state index contributed by atoms with van der Waals surface area (Å²) in [5, 5.41) is 0. The molecule has 0 heterocycles. The van der Waals surface area contributed by atoms with Gasteiger partial charge >= 0.3 is 5.97 Å². The molecule has 140 valence electrons. The van der Waals surface area contributed by atoms with E-state index in [2.05, 4.69) is 0 Å². The fraction of sp³-hybridized carbons (Fsp3) is 0.957. The maximum Gasteiger partial charge on any atom is 0.309 e. The maximum absolute atomic E-state index is 12.9. The molecule has 2 heteroatoms.